The number of nitrogens with one attached hydrogen (secondary N) is 1. The first kappa shape index (κ1) is 10.5. The molecule has 1 aromatic rings. The molecule has 0 spiro atoms. The molecule has 0 unspecified atom stereocenters. The lowest BCUT2D eigenvalue weighted by molar-refractivity contribution is 0.0691. The van der Waals surface area contributed by atoms with E-state index in [0.29, 0.717) is 6.04 Å². The van der Waals surface area contributed by atoms with Gasteiger partial charge in [-0.3, -0.25) is 0 Å². The Balaban J connectivity index is 1.66. The Kier molecular flexibility index (Phi) is 4.00. The summed E-state index contributed by atoms with van der Waals surface area (Å²) in [5, 5.41) is 3.40. The predicted molar refractivity (Wildman–Crippen MR) is 59.2 cm³/mol. The van der Waals surface area contributed by atoms with Crippen LogP contribution in [0.1, 0.15) is 6.42 Å². The van der Waals surface area contributed by atoms with Crippen LogP contribution in [-0.2, 0) is 4.74 Å². The van der Waals surface area contributed by atoms with Crippen molar-refractivity contribution in [2.75, 3.05) is 26.4 Å². The first-order valence-corrected chi connectivity index (χ1v) is 5.44. The monoisotopic (exact) mass is 207 g/mol. The fraction of sp³-hybridized carbons (Fsp3) is 0.500. The number of rotatable bonds is 4. The third-order valence-electron chi connectivity index (χ3n) is 2.48. The molecule has 1 N–H and O–H groups in total. The second-order valence-corrected chi connectivity index (χ2v) is 3.68. The van der Waals surface area contributed by atoms with Gasteiger partial charge in [0.15, 0.2) is 0 Å². The normalized spacial score (nSPS) is 21.2. The van der Waals surface area contributed by atoms with Crippen LogP contribution in [0.25, 0.3) is 0 Å². The van der Waals surface area contributed by atoms with Crippen molar-refractivity contribution in [3.8, 4) is 5.75 Å². The van der Waals surface area contributed by atoms with Crippen LogP contribution in [0.2, 0.25) is 0 Å². The molecular formula is C12H17NO2. The van der Waals surface area contributed by atoms with Crippen LogP contribution < -0.4 is 10.1 Å². The summed E-state index contributed by atoms with van der Waals surface area (Å²) in [6, 6.07) is 10.4. The van der Waals surface area contributed by atoms with Crippen molar-refractivity contribution in [1.29, 1.82) is 0 Å². The van der Waals surface area contributed by atoms with E-state index in [1.165, 1.54) is 0 Å². The quantitative estimate of drug-likeness (QED) is 0.810. The molecule has 1 saturated heterocycles. The topological polar surface area (TPSA) is 30.5 Å². The summed E-state index contributed by atoms with van der Waals surface area (Å²) in [7, 11) is 0. The highest BCUT2D eigenvalue weighted by Gasteiger charge is 2.12. The third-order valence-corrected chi connectivity index (χ3v) is 2.48. The van der Waals surface area contributed by atoms with Gasteiger partial charge in [-0.2, -0.15) is 0 Å². The van der Waals surface area contributed by atoms with Crippen molar-refractivity contribution in [1.82, 2.24) is 5.32 Å². The van der Waals surface area contributed by atoms with E-state index >= 15 is 0 Å². The molecule has 1 aliphatic rings. The summed E-state index contributed by atoms with van der Waals surface area (Å²) >= 11 is 0. The molecule has 0 aromatic heterocycles. The maximum absolute atomic E-state index is 5.61. The molecule has 82 valence electrons. The van der Waals surface area contributed by atoms with Gasteiger partial charge in [0.05, 0.1) is 19.8 Å². The molecule has 0 radical (unpaired) electrons. The molecule has 3 heteroatoms. The lowest BCUT2D eigenvalue weighted by Crippen LogP contribution is -2.41. The lowest BCUT2D eigenvalue weighted by atomic mass is 10.2. The Morgan fingerprint density at radius 2 is 2.20 bits per heavy atom. The molecule has 1 heterocycles. The van der Waals surface area contributed by atoms with Gasteiger partial charge in [-0.05, 0) is 18.6 Å². The van der Waals surface area contributed by atoms with Crippen molar-refractivity contribution < 1.29 is 9.47 Å². The van der Waals surface area contributed by atoms with Gasteiger partial charge in [-0.1, -0.05) is 18.2 Å². The van der Waals surface area contributed by atoms with E-state index in [1.54, 1.807) is 0 Å². The van der Waals surface area contributed by atoms with Crippen LogP contribution in [0.5, 0.6) is 5.75 Å². The number of hydrogen-bond donors (Lipinski definition) is 1. The second-order valence-electron chi connectivity index (χ2n) is 3.68. The van der Waals surface area contributed by atoms with Crippen LogP contribution in [0, 0.1) is 0 Å². The largest absolute Gasteiger partial charge is 0.494 e. The zero-order chi connectivity index (χ0) is 10.3. The molecule has 1 aliphatic heterocycles. The summed E-state index contributed by atoms with van der Waals surface area (Å²) in [5.74, 6) is 0.939. The summed E-state index contributed by atoms with van der Waals surface area (Å²) in [6.07, 6.45) is 0.995. The Bertz CT molecular complexity index is 270. The van der Waals surface area contributed by atoms with E-state index in [-0.39, 0.29) is 0 Å². The van der Waals surface area contributed by atoms with Crippen LogP contribution in [0.4, 0.5) is 0 Å². The predicted octanol–water partition coefficient (Wildman–Crippen LogP) is 1.44. The van der Waals surface area contributed by atoms with E-state index in [4.69, 9.17) is 9.47 Å². The smallest absolute Gasteiger partial charge is 0.119 e. The van der Waals surface area contributed by atoms with E-state index in [2.05, 4.69) is 5.32 Å². The molecule has 0 amide bonds. The zero-order valence-corrected chi connectivity index (χ0v) is 8.82. The highest BCUT2D eigenvalue weighted by Crippen LogP contribution is 2.09. The first-order chi connectivity index (χ1) is 7.45. The summed E-state index contributed by atoms with van der Waals surface area (Å²) < 4.78 is 11.0. The molecule has 3 nitrogen and oxygen atoms in total. The second kappa shape index (κ2) is 5.73. The van der Waals surface area contributed by atoms with Gasteiger partial charge in [-0.15, -0.1) is 0 Å². The summed E-state index contributed by atoms with van der Waals surface area (Å²) in [5.41, 5.74) is 0. The van der Waals surface area contributed by atoms with Gasteiger partial charge in [0.2, 0.25) is 0 Å². The molecule has 0 saturated carbocycles. The highest BCUT2D eigenvalue weighted by molar-refractivity contribution is 5.20. The van der Waals surface area contributed by atoms with E-state index in [9.17, 15) is 0 Å². The van der Waals surface area contributed by atoms with Gasteiger partial charge < -0.3 is 14.8 Å². The van der Waals surface area contributed by atoms with Gasteiger partial charge in [0, 0.05) is 12.6 Å². The molecule has 0 aliphatic carbocycles. The van der Waals surface area contributed by atoms with Crippen molar-refractivity contribution in [2.24, 2.45) is 0 Å². The van der Waals surface area contributed by atoms with Crippen LogP contribution in [-0.4, -0.2) is 32.4 Å². The average Bonchev–Trinajstić information content (AvgIpc) is 2.32. The minimum atomic E-state index is 0.447. The standard InChI is InChI=1S/C12H17NO2/c1-2-4-12(5-3-1)15-8-6-11-10-14-9-7-13-11/h1-5,11,13H,6-10H2/t11-/m1/s1. The SMILES string of the molecule is c1ccc(OCC[C@@H]2COCCN2)cc1. The number of benzene rings is 1. The van der Waals surface area contributed by atoms with Crippen molar-refractivity contribution >= 4 is 0 Å². The number of morpholine rings is 1. The van der Waals surface area contributed by atoms with E-state index in [1.807, 2.05) is 30.3 Å². The molecule has 0 bridgehead atoms. The van der Waals surface area contributed by atoms with E-state index in [0.717, 1.165) is 38.5 Å². The average molecular weight is 207 g/mol. The number of hydrogen-bond acceptors (Lipinski definition) is 3. The molecule has 1 fully saturated rings. The molecular weight excluding hydrogens is 190 g/mol. The summed E-state index contributed by atoms with van der Waals surface area (Å²) in [4.78, 5) is 0. The maximum atomic E-state index is 5.61. The molecule has 1 atom stereocenters. The Hall–Kier alpha value is -1.06. The van der Waals surface area contributed by atoms with Crippen LogP contribution in [0.3, 0.4) is 0 Å². The van der Waals surface area contributed by atoms with Crippen LogP contribution in [0.15, 0.2) is 30.3 Å². The van der Waals surface area contributed by atoms with Gasteiger partial charge in [0.25, 0.3) is 0 Å². The Labute approximate surface area is 90.4 Å². The fourth-order valence-electron chi connectivity index (χ4n) is 1.64. The van der Waals surface area contributed by atoms with Crippen LogP contribution >= 0.6 is 0 Å². The maximum Gasteiger partial charge on any atom is 0.119 e. The van der Waals surface area contributed by atoms with Crippen molar-refractivity contribution in [2.45, 2.75) is 12.5 Å². The van der Waals surface area contributed by atoms with Gasteiger partial charge in [-0.25, -0.2) is 0 Å². The minimum absolute atomic E-state index is 0.447. The van der Waals surface area contributed by atoms with Crippen molar-refractivity contribution in [3.05, 3.63) is 30.3 Å². The first-order valence-electron chi connectivity index (χ1n) is 5.44. The number of ether oxygens (including phenoxy) is 2. The molecule has 1 aromatic carbocycles. The van der Waals surface area contributed by atoms with Gasteiger partial charge in [0.1, 0.15) is 5.75 Å². The summed E-state index contributed by atoms with van der Waals surface area (Å²) in [6.45, 7) is 3.33. The molecule has 2 rings (SSSR count). The fourth-order valence-corrected chi connectivity index (χ4v) is 1.64. The number of para-hydroxylation sites is 1. The highest BCUT2D eigenvalue weighted by atomic mass is 16.5. The van der Waals surface area contributed by atoms with Crippen molar-refractivity contribution in [3.63, 3.8) is 0 Å². The third kappa shape index (κ3) is 3.53. The van der Waals surface area contributed by atoms with E-state index < -0.39 is 0 Å². The zero-order valence-electron chi connectivity index (χ0n) is 8.82. The van der Waals surface area contributed by atoms with Gasteiger partial charge >= 0.3 is 0 Å². The minimum Gasteiger partial charge on any atom is -0.494 e. The lowest BCUT2D eigenvalue weighted by Gasteiger charge is -2.23. The Morgan fingerprint density at radius 3 is 2.93 bits per heavy atom. The molecule has 15 heavy (non-hydrogen) atoms. The Morgan fingerprint density at radius 1 is 1.33 bits per heavy atom.